The maximum Gasteiger partial charge on any atom is 0.315 e. The fourth-order valence-corrected chi connectivity index (χ4v) is 2.98. The summed E-state index contributed by atoms with van der Waals surface area (Å²) in [6, 6.07) is 10.2. The number of nitrogens with one attached hydrogen (secondary N) is 2. The molecule has 1 aromatic carbocycles. The molecule has 1 aromatic rings. The van der Waals surface area contributed by atoms with E-state index < -0.39 is 5.54 Å². The van der Waals surface area contributed by atoms with Crippen LogP contribution in [0.2, 0.25) is 0 Å². The second kappa shape index (κ2) is 7.46. The summed E-state index contributed by atoms with van der Waals surface area (Å²) in [7, 11) is 0. The van der Waals surface area contributed by atoms with Gasteiger partial charge in [-0.15, -0.1) is 0 Å². The monoisotopic (exact) mass is 290 g/mol. The Bertz CT molecular complexity index is 441. The lowest BCUT2D eigenvalue weighted by molar-refractivity contribution is 0.161. The van der Waals surface area contributed by atoms with Gasteiger partial charge in [0, 0.05) is 6.04 Å². The van der Waals surface area contributed by atoms with Crippen LogP contribution in [0.5, 0.6) is 0 Å². The number of carbonyl (C=O) groups is 1. The van der Waals surface area contributed by atoms with Crippen LogP contribution in [-0.4, -0.2) is 29.3 Å². The van der Waals surface area contributed by atoms with Crippen LogP contribution in [0.1, 0.15) is 44.6 Å². The SMILES string of the molecule is CC(CCc1ccccc1)NC(=O)NC1(CO)CCCC1. The van der Waals surface area contributed by atoms with E-state index in [4.69, 9.17) is 0 Å². The lowest BCUT2D eigenvalue weighted by Gasteiger charge is -2.29. The summed E-state index contributed by atoms with van der Waals surface area (Å²) in [4.78, 5) is 12.1. The molecule has 1 atom stereocenters. The lowest BCUT2D eigenvalue weighted by atomic mass is 9.99. The lowest BCUT2D eigenvalue weighted by Crippen LogP contribution is -2.54. The van der Waals surface area contributed by atoms with E-state index in [-0.39, 0.29) is 18.7 Å². The number of carbonyl (C=O) groups excluding carboxylic acids is 1. The Balaban J connectivity index is 1.74. The number of benzene rings is 1. The molecule has 0 saturated heterocycles. The average Bonchev–Trinajstić information content (AvgIpc) is 2.95. The molecule has 2 amide bonds. The van der Waals surface area contributed by atoms with Crippen molar-refractivity contribution in [2.24, 2.45) is 0 Å². The van der Waals surface area contributed by atoms with Crippen molar-refractivity contribution in [2.45, 2.75) is 57.0 Å². The molecule has 2 rings (SSSR count). The molecule has 0 aliphatic heterocycles. The normalized spacial score (nSPS) is 18.2. The Morgan fingerprint density at radius 3 is 2.57 bits per heavy atom. The van der Waals surface area contributed by atoms with Gasteiger partial charge in [0.2, 0.25) is 0 Å². The smallest absolute Gasteiger partial charge is 0.315 e. The predicted octanol–water partition coefficient (Wildman–Crippen LogP) is 2.61. The molecule has 4 heteroatoms. The Labute approximate surface area is 126 Å². The minimum absolute atomic E-state index is 0.0266. The number of hydrogen-bond donors (Lipinski definition) is 3. The van der Waals surface area contributed by atoms with Gasteiger partial charge >= 0.3 is 6.03 Å². The van der Waals surface area contributed by atoms with Gasteiger partial charge in [0.15, 0.2) is 0 Å². The van der Waals surface area contributed by atoms with Gasteiger partial charge in [-0.25, -0.2) is 4.79 Å². The molecule has 4 nitrogen and oxygen atoms in total. The van der Waals surface area contributed by atoms with Gasteiger partial charge in [-0.3, -0.25) is 0 Å². The van der Waals surface area contributed by atoms with Gasteiger partial charge in [0.1, 0.15) is 0 Å². The molecule has 0 aromatic heterocycles. The third-order valence-electron chi connectivity index (χ3n) is 4.33. The summed E-state index contributed by atoms with van der Waals surface area (Å²) >= 11 is 0. The maximum atomic E-state index is 12.1. The van der Waals surface area contributed by atoms with Crippen LogP contribution >= 0.6 is 0 Å². The highest BCUT2D eigenvalue weighted by atomic mass is 16.3. The molecule has 1 fully saturated rings. The molecule has 1 aliphatic rings. The van der Waals surface area contributed by atoms with Crippen molar-refractivity contribution < 1.29 is 9.90 Å². The van der Waals surface area contributed by atoms with E-state index in [1.807, 2.05) is 25.1 Å². The van der Waals surface area contributed by atoms with Crippen LogP contribution in [0.3, 0.4) is 0 Å². The quantitative estimate of drug-likeness (QED) is 0.754. The Morgan fingerprint density at radius 1 is 1.29 bits per heavy atom. The molecular formula is C17H26N2O2. The number of aliphatic hydroxyl groups excluding tert-OH is 1. The summed E-state index contributed by atoms with van der Waals surface area (Å²) in [6.45, 7) is 2.04. The van der Waals surface area contributed by atoms with Gasteiger partial charge in [0.25, 0.3) is 0 Å². The summed E-state index contributed by atoms with van der Waals surface area (Å²) in [5, 5.41) is 15.5. The first-order valence-corrected chi connectivity index (χ1v) is 7.87. The van der Waals surface area contributed by atoms with Gasteiger partial charge in [-0.1, -0.05) is 43.2 Å². The van der Waals surface area contributed by atoms with E-state index in [0.29, 0.717) is 0 Å². The molecular weight excluding hydrogens is 264 g/mol. The van der Waals surface area contributed by atoms with Crippen molar-refractivity contribution in [3.63, 3.8) is 0 Å². The first-order valence-electron chi connectivity index (χ1n) is 7.87. The van der Waals surface area contributed by atoms with Crippen LogP contribution < -0.4 is 10.6 Å². The number of aryl methyl sites for hydroxylation is 1. The third-order valence-corrected chi connectivity index (χ3v) is 4.33. The minimum atomic E-state index is -0.400. The third kappa shape index (κ3) is 4.74. The number of amides is 2. The number of urea groups is 1. The van der Waals surface area contributed by atoms with Crippen LogP contribution in [0.25, 0.3) is 0 Å². The number of rotatable bonds is 6. The van der Waals surface area contributed by atoms with E-state index in [1.54, 1.807) is 0 Å². The van der Waals surface area contributed by atoms with Crippen LogP contribution in [0.4, 0.5) is 4.79 Å². The summed E-state index contributed by atoms with van der Waals surface area (Å²) < 4.78 is 0. The molecule has 3 N–H and O–H groups in total. The number of hydrogen-bond acceptors (Lipinski definition) is 2. The van der Waals surface area contributed by atoms with Crippen molar-refractivity contribution in [3.05, 3.63) is 35.9 Å². The maximum absolute atomic E-state index is 12.1. The van der Waals surface area contributed by atoms with Crippen molar-refractivity contribution >= 4 is 6.03 Å². The molecule has 1 unspecified atom stereocenters. The van der Waals surface area contributed by atoms with Crippen LogP contribution in [0, 0.1) is 0 Å². The number of aliphatic hydroxyl groups is 1. The molecule has 21 heavy (non-hydrogen) atoms. The van der Waals surface area contributed by atoms with Gasteiger partial charge in [0.05, 0.1) is 12.1 Å². The molecule has 0 spiro atoms. The van der Waals surface area contributed by atoms with Crippen molar-refractivity contribution in [1.29, 1.82) is 0 Å². The molecule has 0 radical (unpaired) electrons. The molecule has 1 saturated carbocycles. The van der Waals surface area contributed by atoms with Crippen LogP contribution in [0.15, 0.2) is 30.3 Å². The molecule has 116 valence electrons. The van der Waals surface area contributed by atoms with E-state index in [1.165, 1.54) is 5.56 Å². The zero-order chi connectivity index (χ0) is 15.1. The van der Waals surface area contributed by atoms with E-state index in [2.05, 4.69) is 22.8 Å². The Hall–Kier alpha value is -1.55. The molecule has 0 heterocycles. The van der Waals surface area contributed by atoms with Crippen molar-refractivity contribution in [2.75, 3.05) is 6.61 Å². The minimum Gasteiger partial charge on any atom is -0.394 e. The van der Waals surface area contributed by atoms with Gasteiger partial charge < -0.3 is 15.7 Å². The predicted molar refractivity (Wildman–Crippen MR) is 84.2 cm³/mol. The highest BCUT2D eigenvalue weighted by Crippen LogP contribution is 2.28. The fraction of sp³-hybridized carbons (Fsp3) is 0.588. The van der Waals surface area contributed by atoms with Gasteiger partial charge in [-0.05, 0) is 38.2 Å². The zero-order valence-electron chi connectivity index (χ0n) is 12.8. The first kappa shape index (κ1) is 15.8. The van der Waals surface area contributed by atoms with E-state index >= 15 is 0 Å². The van der Waals surface area contributed by atoms with Gasteiger partial charge in [-0.2, -0.15) is 0 Å². The molecule has 1 aliphatic carbocycles. The highest BCUT2D eigenvalue weighted by Gasteiger charge is 2.34. The standard InChI is InChI=1S/C17H26N2O2/c1-14(9-10-15-7-3-2-4-8-15)18-16(21)19-17(13-20)11-5-6-12-17/h2-4,7-8,14,20H,5-6,9-13H2,1H3,(H2,18,19,21). The first-order chi connectivity index (χ1) is 10.1. The van der Waals surface area contributed by atoms with Crippen molar-refractivity contribution in [3.8, 4) is 0 Å². The largest absolute Gasteiger partial charge is 0.394 e. The second-order valence-electron chi connectivity index (χ2n) is 6.17. The topological polar surface area (TPSA) is 61.4 Å². The summed E-state index contributed by atoms with van der Waals surface area (Å²) in [6.07, 6.45) is 5.75. The second-order valence-corrected chi connectivity index (χ2v) is 6.17. The van der Waals surface area contributed by atoms with Crippen LogP contribution in [-0.2, 0) is 6.42 Å². The average molecular weight is 290 g/mol. The Morgan fingerprint density at radius 2 is 1.95 bits per heavy atom. The molecule has 0 bridgehead atoms. The van der Waals surface area contributed by atoms with Crippen molar-refractivity contribution in [1.82, 2.24) is 10.6 Å². The summed E-state index contributed by atoms with van der Waals surface area (Å²) in [5.41, 5.74) is 0.887. The Kier molecular flexibility index (Phi) is 5.62. The highest BCUT2D eigenvalue weighted by molar-refractivity contribution is 5.75. The fourth-order valence-electron chi connectivity index (χ4n) is 2.98. The van der Waals surface area contributed by atoms with E-state index in [9.17, 15) is 9.90 Å². The zero-order valence-corrected chi connectivity index (χ0v) is 12.8. The van der Waals surface area contributed by atoms with E-state index in [0.717, 1.165) is 38.5 Å². The summed E-state index contributed by atoms with van der Waals surface area (Å²) in [5.74, 6) is 0.